The van der Waals surface area contributed by atoms with Crippen LogP contribution in [0.1, 0.15) is 44.1 Å². The van der Waals surface area contributed by atoms with Gasteiger partial charge in [0.15, 0.2) is 5.16 Å². The monoisotopic (exact) mass is 427 g/mol. The number of amides is 1. The summed E-state index contributed by atoms with van der Waals surface area (Å²) in [5.74, 6) is 0.160. The van der Waals surface area contributed by atoms with Crippen LogP contribution >= 0.6 is 11.8 Å². The average molecular weight is 428 g/mol. The van der Waals surface area contributed by atoms with E-state index in [1.165, 1.54) is 11.8 Å². The lowest BCUT2D eigenvalue weighted by molar-refractivity contribution is -0.118. The van der Waals surface area contributed by atoms with E-state index >= 15 is 0 Å². The van der Waals surface area contributed by atoms with Crippen molar-refractivity contribution < 1.29 is 4.79 Å². The number of rotatable bonds is 9. The summed E-state index contributed by atoms with van der Waals surface area (Å²) < 4.78 is 3.67. The van der Waals surface area contributed by atoms with Crippen molar-refractivity contribution >= 4 is 28.6 Å². The molecule has 8 heteroatoms. The highest BCUT2D eigenvalue weighted by molar-refractivity contribution is 7.99. The van der Waals surface area contributed by atoms with Gasteiger partial charge in [0, 0.05) is 24.8 Å². The first-order valence-electron chi connectivity index (χ1n) is 10.3. The molecule has 0 fully saturated rings. The standard InChI is InChI=1S/C22H29N5O2S/c1-5-16(3)27-21(29)18-9-6-7-10-19(18)24-22(27)30-14-20(28)23-11-8-12-26-17(4)13-15(2)25-26/h6-7,9-10,13,16H,5,8,11-12,14H2,1-4H3,(H,23,28)/t16-/m0/s1. The third kappa shape index (κ3) is 5.11. The molecule has 3 aromatic rings. The van der Waals surface area contributed by atoms with E-state index < -0.39 is 0 Å². The second-order valence-electron chi connectivity index (χ2n) is 7.49. The van der Waals surface area contributed by atoms with E-state index in [0.717, 1.165) is 30.8 Å². The smallest absolute Gasteiger partial charge is 0.262 e. The van der Waals surface area contributed by atoms with Gasteiger partial charge in [-0.15, -0.1) is 0 Å². The summed E-state index contributed by atoms with van der Waals surface area (Å²) in [7, 11) is 0. The van der Waals surface area contributed by atoms with E-state index in [2.05, 4.69) is 15.4 Å². The predicted octanol–water partition coefficient (Wildman–Crippen LogP) is 3.48. The number of nitrogens with zero attached hydrogens (tertiary/aromatic N) is 4. The third-order valence-corrected chi connectivity index (χ3v) is 6.06. The quantitative estimate of drug-likeness (QED) is 0.321. The number of hydrogen-bond donors (Lipinski definition) is 1. The zero-order valence-corrected chi connectivity index (χ0v) is 18.8. The van der Waals surface area contributed by atoms with Crippen molar-refractivity contribution in [2.24, 2.45) is 0 Å². The number of benzene rings is 1. The van der Waals surface area contributed by atoms with Crippen molar-refractivity contribution in [2.45, 2.75) is 58.3 Å². The van der Waals surface area contributed by atoms with Crippen molar-refractivity contribution in [1.82, 2.24) is 24.6 Å². The molecule has 0 aliphatic carbocycles. The Balaban J connectivity index is 1.61. The van der Waals surface area contributed by atoms with E-state index in [9.17, 15) is 9.59 Å². The highest BCUT2D eigenvalue weighted by atomic mass is 32.2. The van der Waals surface area contributed by atoms with Gasteiger partial charge in [-0.2, -0.15) is 5.10 Å². The molecule has 0 radical (unpaired) electrons. The molecule has 0 spiro atoms. The van der Waals surface area contributed by atoms with Crippen molar-refractivity contribution in [3.05, 3.63) is 52.1 Å². The van der Waals surface area contributed by atoms with E-state index in [1.807, 2.05) is 56.6 Å². The fraction of sp³-hybridized carbons (Fsp3) is 0.455. The molecular formula is C22H29N5O2S. The van der Waals surface area contributed by atoms with Gasteiger partial charge in [-0.3, -0.25) is 18.8 Å². The lowest BCUT2D eigenvalue weighted by atomic mass is 10.2. The minimum atomic E-state index is -0.0634. The number of carbonyl (C=O) groups is 1. The maximum atomic E-state index is 13.0. The highest BCUT2D eigenvalue weighted by Crippen LogP contribution is 2.22. The maximum Gasteiger partial charge on any atom is 0.262 e. The van der Waals surface area contributed by atoms with Gasteiger partial charge >= 0.3 is 0 Å². The van der Waals surface area contributed by atoms with Crippen LogP contribution in [0, 0.1) is 13.8 Å². The molecule has 0 aliphatic rings. The van der Waals surface area contributed by atoms with Crippen LogP contribution in [0.5, 0.6) is 0 Å². The van der Waals surface area contributed by atoms with Gasteiger partial charge in [0.25, 0.3) is 5.56 Å². The van der Waals surface area contributed by atoms with Crippen LogP contribution in [0.25, 0.3) is 10.9 Å². The number of hydrogen-bond acceptors (Lipinski definition) is 5. The number of thioether (sulfide) groups is 1. The van der Waals surface area contributed by atoms with Gasteiger partial charge in [-0.25, -0.2) is 4.98 Å². The molecule has 1 amide bonds. The van der Waals surface area contributed by atoms with Crippen LogP contribution in [0.15, 0.2) is 40.3 Å². The molecule has 0 aliphatic heterocycles. The molecule has 0 bridgehead atoms. The maximum absolute atomic E-state index is 13.0. The van der Waals surface area contributed by atoms with Crippen LogP contribution in [0.3, 0.4) is 0 Å². The summed E-state index contributed by atoms with van der Waals surface area (Å²) in [4.78, 5) is 30.0. The number of aromatic nitrogens is 4. The molecule has 7 nitrogen and oxygen atoms in total. The summed E-state index contributed by atoms with van der Waals surface area (Å²) in [6.45, 7) is 9.40. The predicted molar refractivity (Wildman–Crippen MR) is 121 cm³/mol. The topological polar surface area (TPSA) is 81.8 Å². The van der Waals surface area contributed by atoms with Gasteiger partial charge < -0.3 is 5.32 Å². The Morgan fingerprint density at radius 1 is 1.27 bits per heavy atom. The highest BCUT2D eigenvalue weighted by Gasteiger charge is 2.16. The Morgan fingerprint density at radius 2 is 2.03 bits per heavy atom. The lowest BCUT2D eigenvalue weighted by Crippen LogP contribution is -2.29. The van der Waals surface area contributed by atoms with E-state index in [1.54, 1.807) is 10.6 Å². The van der Waals surface area contributed by atoms with Gasteiger partial charge in [0.1, 0.15) is 0 Å². The molecule has 1 N–H and O–H groups in total. The van der Waals surface area contributed by atoms with Crippen LogP contribution in [-0.4, -0.2) is 37.5 Å². The molecule has 2 heterocycles. The number of fused-ring (bicyclic) bond motifs is 1. The van der Waals surface area contributed by atoms with Crippen LogP contribution < -0.4 is 10.9 Å². The second kappa shape index (κ2) is 9.93. The molecule has 30 heavy (non-hydrogen) atoms. The Labute approximate surface area is 180 Å². The largest absolute Gasteiger partial charge is 0.355 e. The third-order valence-electron chi connectivity index (χ3n) is 5.11. The molecule has 160 valence electrons. The number of aryl methyl sites for hydroxylation is 3. The summed E-state index contributed by atoms with van der Waals surface area (Å²) in [6, 6.07) is 9.41. The molecule has 1 atom stereocenters. The summed E-state index contributed by atoms with van der Waals surface area (Å²) in [6.07, 6.45) is 1.62. The molecule has 0 saturated carbocycles. The molecule has 2 aromatic heterocycles. The fourth-order valence-corrected chi connectivity index (χ4v) is 4.26. The zero-order chi connectivity index (χ0) is 21.7. The minimum absolute atomic E-state index is 0.0148. The zero-order valence-electron chi connectivity index (χ0n) is 18.0. The Kier molecular flexibility index (Phi) is 7.31. The lowest BCUT2D eigenvalue weighted by Gasteiger charge is -2.18. The first-order chi connectivity index (χ1) is 14.4. The Hall–Kier alpha value is -2.61. The van der Waals surface area contributed by atoms with Crippen LogP contribution in [-0.2, 0) is 11.3 Å². The van der Waals surface area contributed by atoms with Crippen molar-refractivity contribution in [3.8, 4) is 0 Å². The van der Waals surface area contributed by atoms with Crippen LogP contribution in [0.4, 0.5) is 0 Å². The van der Waals surface area contributed by atoms with Crippen molar-refractivity contribution in [2.75, 3.05) is 12.3 Å². The van der Waals surface area contributed by atoms with Gasteiger partial charge in [0.05, 0.1) is 22.3 Å². The summed E-state index contributed by atoms with van der Waals surface area (Å²) in [5, 5.41) is 8.57. The molecular weight excluding hydrogens is 398 g/mol. The van der Waals surface area contributed by atoms with Gasteiger partial charge in [-0.1, -0.05) is 30.8 Å². The van der Waals surface area contributed by atoms with Crippen molar-refractivity contribution in [1.29, 1.82) is 0 Å². The first-order valence-corrected chi connectivity index (χ1v) is 11.3. The number of para-hydroxylation sites is 1. The SMILES string of the molecule is CC[C@H](C)n1c(SCC(=O)NCCCn2nc(C)cc2C)nc2ccccc2c1=O. The number of nitrogens with one attached hydrogen (secondary N) is 1. The normalized spacial score (nSPS) is 12.3. The van der Waals surface area contributed by atoms with Crippen molar-refractivity contribution in [3.63, 3.8) is 0 Å². The summed E-state index contributed by atoms with van der Waals surface area (Å²) in [5.41, 5.74) is 2.74. The van der Waals surface area contributed by atoms with Gasteiger partial charge in [0.2, 0.25) is 5.91 Å². The number of carbonyl (C=O) groups excluding carboxylic acids is 1. The summed E-state index contributed by atoms with van der Waals surface area (Å²) >= 11 is 1.31. The van der Waals surface area contributed by atoms with E-state index in [4.69, 9.17) is 0 Å². The Morgan fingerprint density at radius 3 is 2.73 bits per heavy atom. The average Bonchev–Trinajstić information content (AvgIpc) is 3.06. The van der Waals surface area contributed by atoms with E-state index in [0.29, 0.717) is 22.6 Å². The minimum Gasteiger partial charge on any atom is -0.355 e. The molecule has 0 saturated heterocycles. The molecule has 3 rings (SSSR count). The second-order valence-corrected chi connectivity index (χ2v) is 8.43. The Bertz CT molecular complexity index is 1090. The van der Waals surface area contributed by atoms with Crippen LogP contribution in [0.2, 0.25) is 0 Å². The van der Waals surface area contributed by atoms with Gasteiger partial charge in [-0.05, 0) is 51.8 Å². The first kappa shape index (κ1) is 22.1. The molecule has 0 unspecified atom stereocenters. The molecule has 1 aromatic carbocycles. The van der Waals surface area contributed by atoms with E-state index in [-0.39, 0.29) is 23.3 Å². The fourth-order valence-electron chi connectivity index (χ4n) is 3.34.